The molecule has 2 rings (SSSR count). The van der Waals surface area contributed by atoms with E-state index in [9.17, 15) is 4.79 Å². The van der Waals surface area contributed by atoms with E-state index < -0.39 is 0 Å². The fraction of sp³-hybridized carbons (Fsp3) is 0.667. The predicted octanol–water partition coefficient (Wildman–Crippen LogP) is 2.72. The van der Waals surface area contributed by atoms with Gasteiger partial charge < -0.3 is 0 Å². The van der Waals surface area contributed by atoms with Crippen LogP contribution in [0.2, 0.25) is 0 Å². The highest BCUT2D eigenvalue weighted by atomic mass is 16.1. The average molecular weight is 246 g/mol. The second kappa shape index (κ2) is 6.12. The van der Waals surface area contributed by atoms with Crippen LogP contribution in [-0.2, 0) is 4.79 Å². The molecule has 1 aliphatic carbocycles. The molecule has 98 valence electrons. The van der Waals surface area contributed by atoms with Gasteiger partial charge in [0, 0.05) is 5.57 Å². The number of aliphatic imine (C=N–C) groups is 1. The van der Waals surface area contributed by atoms with Crippen LogP contribution in [0.3, 0.4) is 0 Å². The summed E-state index contributed by atoms with van der Waals surface area (Å²) in [5, 5.41) is 0. The first-order valence-corrected chi connectivity index (χ1v) is 7.01. The first-order valence-electron chi connectivity index (χ1n) is 7.01. The van der Waals surface area contributed by atoms with Crippen LogP contribution >= 0.6 is 0 Å². The molecule has 0 radical (unpaired) electrons. The lowest BCUT2D eigenvalue weighted by atomic mass is 9.92. The molecular weight excluding hydrogens is 224 g/mol. The number of likely N-dealkylation sites (tertiary alicyclic amines) is 1. The summed E-state index contributed by atoms with van der Waals surface area (Å²) < 4.78 is 0. The number of carbonyl (C=O) groups is 1. The third-order valence-corrected chi connectivity index (χ3v) is 3.94. The van der Waals surface area contributed by atoms with Crippen molar-refractivity contribution in [1.29, 1.82) is 0 Å². The molecule has 0 aromatic heterocycles. The molecule has 0 spiro atoms. The first kappa shape index (κ1) is 13.3. The Hall–Kier alpha value is -1.18. The van der Waals surface area contributed by atoms with Crippen LogP contribution in [0.25, 0.3) is 0 Å². The van der Waals surface area contributed by atoms with Crippen molar-refractivity contribution in [2.24, 2.45) is 4.99 Å². The minimum atomic E-state index is -0.0276. The van der Waals surface area contributed by atoms with Crippen molar-refractivity contribution in [3.63, 3.8) is 0 Å². The molecule has 3 nitrogen and oxygen atoms in total. The van der Waals surface area contributed by atoms with Crippen LogP contribution in [0, 0.1) is 0 Å². The molecule has 0 unspecified atom stereocenters. The Labute approximate surface area is 109 Å². The molecule has 0 aromatic rings. The number of allylic oxidation sites excluding steroid dienone is 2. The van der Waals surface area contributed by atoms with Crippen molar-refractivity contribution in [2.45, 2.75) is 51.5 Å². The summed E-state index contributed by atoms with van der Waals surface area (Å²) >= 11 is 0. The molecule has 2 aliphatic rings. The van der Waals surface area contributed by atoms with E-state index in [-0.39, 0.29) is 11.9 Å². The molecule has 3 heteroatoms. The maximum absolute atomic E-state index is 12.1. The Morgan fingerprint density at radius 2 is 2.22 bits per heavy atom. The summed E-state index contributed by atoms with van der Waals surface area (Å²) in [7, 11) is 0. The lowest BCUT2D eigenvalue weighted by molar-refractivity contribution is -0.121. The van der Waals surface area contributed by atoms with E-state index in [1.54, 1.807) is 0 Å². The third-order valence-electron chi connectivity index (χ3n) is 3.94. The van der Waals surface area contributed by atoms with Gasteiger partial charge in [-0.3, -0.25) is 9.69 Å². The standard InChI is InChI=1S/C15H22N2O/c1-3-17-10-6-9-14(17)15(18)16-11-13-8-5-4-7-12(13)2/h14H,2-10H2,1H3/t14-/m1/s1. The van der Waals surface area contributed by atoms with E-state index in [4.69, 9.17) is 0 Å². The fourth-order valence-corrected chi connectivity index (χ4v) is 2.78. The molecule has 18 heavy (non-hydrogen) atoms. The van der Waals surface area contributed by atoms with Gasteiger partial charge in [0.05, 0.1) is 6.04 Å². The van der Waals surface area contributed by atoms with E-state index in [0.29, 0.717) is 0 Å². The summed E-state index contributed by atoms with van der Waals surface area (Å²) in [5.41, 5.74) is 2.16. The number of carbonyl (C=O) groups excluding carboxylic acids is 1. The van der Waals surface area contributed by atoms with Crippen molar-refractivity contribution in [3.8, 4) is 0 Å². The van der Waals surface area contributed by atoms with Crippen molar-refractivity contribution in [1.82, 2.24) is 4.90 Å². The van der Waals surface area contributed by atoms with E-state index in [0.717, 1.165) is 56.3 Å². The van der Waals surface area contributed by atoms with Gasteiger partial charge in [-0.2, -0.15) is 4.99 Å². The monoisotopic (exact) mass is 246 g/mol. The first-order chi connectivity index (χ1) is 8.72. The van der Waals surface area contributed by atoms with Gasteiger partial charge in [-0.1, -0.05) is 13.5 Å². The third kappa shape index (κ3) is 2.98. The molecule has 1 atom stereocenters. The second-order valence-corrected chi connectivity index (χ2v) is 5.14. The van der Waals surface area contributed by atoms with Crippen LogP contribution in [0.4, 0.5) is 0 Å². The van der Waals surface area contributed by atoms with Gasteiger partial charge in [0.15, 0.2) is 0 Å². The zero-order valence-electron chi connectivity index (χ0n) is 11.2. The van der Waals surface area contributed by atoms with Gasteiger partial charge in [0.2, 0.25) is 0 Å². The zero-order valence-corrected chi connectivity index (χ0v) is 11.2. The Morgan fingerprint density at radius 3 is 2.94 bits per heavy atom. The molecule has 0 bridgehead atoms. The lowest BCUT2D eigenvalue weighted by Crippen LogP contribution is -2.34. The van der Waals surface area contributed by atoms with Gasteiger partial charge in [-0.15, -0.1) is 0 Å². The van der Waals surface area contributed by atoms with Crippen LogP contribution in [0.5, 0.6) is 0 Å². The molecule has 1 saturated heterocycles. The fourth-order valence-electron chi connectivity index (χ4n) is 2.78. The van der Waals surface area contributed by atoms with E-state index >= 15 is 0 Å². The molecule has 0 aromatic carbocycles. The van der Waals surface area contributed by atoms with Crippen LogP contribution in [-0.4, -0.2) is 35.8 Å². The number of likely N-dealkylation sites (N-methyl/N-ethyl adjacent to an activating group) is 1. The van der Waals surface area contributed by atoms with E-state index in [1.165, 1.54) is 6.42 Å². The van der Waals surface area contributed by atoms with Gasteiger partial charge in [-0.25, -0.2) is 0 Å². The number of nitrogens with zero attached hydrogens (tertiary/aromatic N) is 2. The molecule has 1 heterocycles. The summed E-state index contributed by atoms with van der Waals surface area (Å²) in [6, 6.07) is -0.0139. The minimum Gasteiger partial charge on any atom is -0.292 e. The van der Waals surface area contributed by atoms with Crippen LogP contribution in [0.1, 0.15) is 45.4 Å². The summed E-state index contributed by atoms with van der Waals surface area (Å²) in [4.78, 5) is 18.3. The van der Waals surface area contributed by atoms with E-state index in [2.05, 4.69) is 29.3 Å². The van der Waals surface area contributed by atoms with E-state index in [1.807, 2.05) is 0 Å². The average Bonchev–Trinajstić information content (AvgIpc) is 2.86. The van der Waals surface area contributed by atoms with Gasteiger partial charge in [-0.05, 0) is 63.1 Å². The Morgan fingerprint density at radius 1 is 1.44 bits per heavy atom. The SMILES string of the molecule is C=C1CCCCC1=C=NC(=O)[C@H]1CCCN1CC. The second-order valence-electron chi connectivity index (χ2n) is 5.14. The van der Waals surface area contributed by atoms with Crippen molar-refractivity contribution >= 4 is 11.8 Å². The smallest absolute Gasteiger partial charge is 0.271 e. The van der Waals surface area contributed by atoms with Gasteiger partial charge in [0.1, 0.15) is 0 Å². The zero-order chi connectivity index (χ0) is 13.0. The topological polar surface area (TPSA) is 32.7 Å². The van der Waals surface area contributed by atoms with Crippen molar-refractivity contribution in [3.05, 3.63) is 17.7 Å². The number of hydrogen-bond acceptors (Lipinski definition) is 2. The highest BCUT2D eigenvalue weighted by Gasteiger charge is 2.28. The quantitative estimate of drug-likeness (QED) is 0.702. The molecule has 2 fully saturated rings. The maximum Gasteiger partial charge on any atom is 0.271 e. The minimum absolute atomic E-state index is 0.0139. The Kier molecular flexibility index (Phi) is 4.51. The molecule has 1 saturated carbocycles. The largest absolute Gasteiger partial charge is 0.292 e. The summed E-state index contributed by atoms with van der Waals surface area (Å²) in [5.74, 6) is 2.93. The Balaban J connectivity index is 2.06. The van der Waals surface area contributed by atoms with Gasteiger partial charge >= 0.3 is 0 Å². The van der Waals surface area contributed by atoms with Crippen LogP contribution in [0.15, 0.2) is 22.7 Å². The predicted molar refractivity (Wildman–Crippen MR) is 73.8 cm³/mol. The van der Waals surface area contributed by atoms with Crippen LogP contribution < -0.4 is 0 Å². The Bertz CT molecular complexity index is 405. The molecule has 0 N–H and O–H groups in total. The maximum atomic E-state index is 12.1. The highest BCUT2D eigenvalue weighted by molar-refractivity contribution is 5.89. The number of rotatable bonds is 2. The number of hydrogen-bond donors (Lipinski definition) is 0. The molecular formula is C15H22N2O. The normalized spacial score (nSPS) is 25.1. The van der Waals surface area contributed by atoms with Gasteiger partial charge in [0.25, 0.3) is 5.91 Å². The molecule has 1 aliphatic heterocycles. The number of amides is 1. The highest BCUT2D eigenvalue weighted by Crippen LogP contribution is 2.25. The lowest BCUT2D eigenvalue weighted by Gasteiger charge is -2.18. The van der Waals surface area contributed by atoms with Crippen molar-refractivity contribution in [2.75, 3.05) is 13.1 Å². The van der Waals surface area contributed by atoms with Crippen molar-refractivity contribution < 1.29 is 4.79 Å². The summed E-state index contributed by atoms with van der Waals surface area (Å²) in [6.45, 7) is 8.06. The molecule has 1 amide bonds. The summed E-state index contributed by atoms with van der Waals surface area (Å²) in [6.07, 6.45) is 6.39.